The molecule has 1 aliphatic rings. The van der Waals surface area contributed by atoms with Crippen LogP contribution in [-0.2, 0) is 16.0 Å². The van der Waals surface area contributed by atoms with E-state index in [4.69, 9.17) is 9.26 Å². The SMILES string of the molecule is Cc1noc(C)c1CC(C)NC(=O)[C@H]1NCCO[C@@H]1C. The van der Waals surface area contributed by atoms with Crippen LogP contribution in [0.2, 0.25) is 0 Å². The van der Waals surface area contributed by atoms with Gasteiger partial charge >= 0.3 is 0 Å². The molecule has 6 heteroatoms. The topological polar surface area (TPSA) is 76.4 Å². The number of rotatable bonds is 4. The Kier molecular flexibility index (Phi) is 4.77. The lowest BCUT2D eigenvalue weighted by atomic mass is 10.0. The van der Waals surface area contributed by atoms with Crippen molar-refractivity contribution in [1.29, 1.82) is 0 Å². The second-order valence-corrected chi connectivity index (χ2v) is 5.42. The summed E-state index contributed by atoms with van der Waals surface area (Å²) in [6, 6.07) is -0.258. The predicted molar refractivity (Wildman–Crippen MR) is 74.5 cm³/mol. The number of hydrogen-bond donors (Lipinski definition) is 2. The van der Waals surface area contributed by atoms with Crippen molar-refractivity contribution < 1.29 is 14.1 Å². The third-order valence-electron chi connectivity index (χ3n) is 3.68. The first-order valence-electron chi connectivity index (χ1n) is 7.06. The van der Waals surface area contributed by atoms with E-state index >= 15 is 0 Å². The van der Waals surface area contributed by atoms with Crippen LogP contribution in [0, 0.1) is 13.8 Å². The Bertz CT molecular complexity index is 453. The molecule has 1 saturated heterocycles. The number of aryl methyl sites for hydroxylation is 2. The van der Waals surface area contributed by atoms with Crippen molar-refractivity contribution in [2.75, 3.05) is 13.2 Å². The molecule has 0 aliphatic carbocycles. The van der Waals surface area contributed by atoms with E-state index in [-0.39, 0.29) is 24.1 Å². The molecule has 1 amide bonds. The Hall–Kier alpha value is -1.40. The molecule has 0 radical (unpaired) electrons. The van der Waals surface area contributed by atoms with Gasteiger partial charge in [0.1, 0.15) is 11.8 Å². The van der Waals surface area contributed by atoms with Crippen LogP contribution in [0.5, 0.6) is 0 Å². The summed E-state index contributed by atoms with van der Waals surface area (Å²) in [5.41, 5.74) is 1.95. The molecule has 1 aliphatic heterocycles. The number of carbonyl (C=O) groups is 1. The van der Waals surface area contributed by atoms with Gasteiger partial charge in [0.2, 0.25) is 5.91 Å². The zero-order valence-corrected chi connectivity index (χ0v) is 12.5. The van der Waals surface area contributed by atoms with E-state index in [1.165, 1.54) is 0 Å². The van der Waals surface area contributed by atoms with E-state index in [0.29, 0.717) is 13.2 Å². The molecule has 3 atom stereocenters. The van der Waals surface area contributed by atoms with E-state index in [1.807, 2.05) is 27.7 Å². The summed E-state index contributed by atoms with van der Waals surface area (Å²) in [5, 5.41) is 10.1. The summed E-state index contributed by atoms with van der Waals surface area (Å²) in [7, 11) is 0. The summed E-state index contributed by atoms with van der Waals surface area (Å²) in [6.45, 7) is 9.06. The summed E-state index contributed by atoms with van der Waals surface area (Å²) < 4.78 is 10.6. The maximum Gasteiger partial charge on any atom is 0.240 e. The Balaban J connectivity index is 1.91. The van der Waals surface area contributed by atoms with E-state index in [1.54, 1.807) is 0 Å². The zero-order chi connectivity index (χ0) is 14.7. The standard InChI is InChI=1S/C14H23N3O3/c1-8(7-12-9(2)17-20-10(12)3)16-14(18)13-11(4)19-6-5-15-13/h8,11,13,15H,5-7H2,1-4H3,(H,16,18)/t8?,11-,13+/m1/s1. The van der Waals surface area contributed by atoms with E-state index in [9.17, 15) is 4.79 Å². The van der Waals surface area contributed by atoms with Gasteiger partial charge in [0, 0.05) is 18.2 Å². The number of nitrogens with one attached hydrogen (secondary N) is 2. The van der Waals surface area contributed by atoms with Crippen molar-refractivity contribution >= 4 is 5.91 Å². The van der Waals surface area contributed by atoms with Crippen LogP contribution in [-0.4, -0.2) is 42.4 Å². The van der Waals surface area contributed by atoms with Gasteiger partial charge in [0.15, 0.2) is 0 Å². The number of ether oxygens (including phenoxy) is 1. The Morgan fingerprint density at radius 1 is 1.55 bits per heavy atom. The maximum absolute atomic E-state index is 12.2. The summed E-state index contributed by atoms with van der Waals surface area (Å²) in [6.07, 6.45) is 0.615. The largest absolute Gasteiger partial charge is 0.375 e. The van der Waals surface area contributed by atoms with Crippen molar-refractivity contribution in [1.82, 2.24) is 15.8 Å². The quantitative estimate of drug-likeness (QED) is 0.850. The summed E-state index contributed by atoms with van der Waals surface area (Å²) in [4.78, 5) is 12.2. The molecule has 0 aromatic carbocycles. The lowest BCUT2D eigenvalue weighted by Gasteiger charge is -2.30. The van der Waals surface area contributed by atoms with Gasteiger partial charge < -0.3 is 19.9 Å². The Morgan fingerprint density at radius 3 is 2.90 bits per heavy atom. The van der Waals surface area contributed by atoms with E-state index in [0.717, 1.165) is 23.4 Å². The Morgan fingerprint density at radius 2 is 2.30 bits per heavy atom. The van der Waals surface area contributed by atoms with Crippen LogP contribution in [0.3, 0.4) is 0 Å². The molecule has 2 rings (SSSR count). The van der Waals surface area contributed by atoms with Crippen LogP contribution in [0.1, 0.15) is 30.9 Å². The average Bonchev–Trinajstić information content (AvgIpc) is 2.71. The van der Waals surface area contributed by atoms with Gasteiger partial charge in [-0.3, -0.25) is 4.79 Å². The van der Waals surface area contributed by atoms with E-state index in [2.05, 4.69) is 15.8 Å². The first-order chi connectivity index (χ1) is 9.49. The maximum atomic E-state index is 12.2. The molecule has 1 aromatic heterocycles. The highest BCUT2D eigenvalue weighted by atomic mass is 16.5. The highest BCUT2D eigenvalue weighted by Crippen LogP contribution is 2.14. The molecule has 0 saturated carbocycles. The molecule has 1 unspecified atom stereocenters. The molecule has 112 valence electrons. The van der Waals surface area contributed by atoms with E-state index < -0.39 is 0 Å². The average molecular weight is 281 g/mol. The monoisotopic (exact) mass is 281 g/mol. The lowest BCUT2D eigenvalue weighted by molar-refractivity contribution is -0.129. The van der Waals surface area contributed by atoms with Gasteiger partial charge in [0.25, 0.3) is 0 Å². The third-order valence-corrected chi connectivity index (χ3v) is 3.68. The number of nitrogens with zero attached hydrogens (tertiary/aromatic N) is 1. The minimum absolute atomic E-state index is 0.0172. The van der Waals surface area contributed by atoms with Gasteiger partial charge in [-0.25, -0.2) is 0 Å². The van der Waals surface area contributed by atoms with Gasteiger partial charge in [-0.2, -0.15) is 0 Å². The van der Waals surface area contributed by atoms with Crippen molar-refractivity contribution in [3.05, 3.63) is 17.0 Å². The molecule has 1 aromatic rings. The fourth-order valence-electron chi connectivity index (χ4n) is 2.51. The Labute approximate surface area is 119 Å². The predicted octanol–water partition coefficient (Wildman–Crippen LogP) is 0.716. The molecule has 0 bridgehead atoms. The van der Waals surface area contributed by atoms with Gasteiger partial charge in [0.05, 0.1) is 18.4 Å². The lowest BCUT2D eigenvalue weighted by Crippen LogP contribution is -2.56. The molecule has 1 fully saturated rings. The summed E-state index contributed by atoms with van der Waals surface area (Å²) >= 11 is 0. The minimum atomic E-state index is -0.282. The zero-order valence-electron chi connectivity index (χ0n) is 12.5. The number of hydrogen-bond acceptors (Lipinski definition) is 5. The fourth-order valence-corrected chi connectivity index (χ4v) is 2.51. The highest BCUT2D eigenvalue weighted by Gasteiger charge is 2.29. The number of aromatic nitrogens is 1. The van der Waals surface area contributed by atoms with Gasteiger partial charge in [-0.05, 0) is 34.1 Å². The van der Waals surface area contributed by atoms with Crippen LogP contribution >= 0.6 is 0 Å². The second-order valence-electron chi connectivity index (χ2n) is 5.42. The second kappa shape index (κ2) is 6.37. The van der Waals surface area contributed by atoms with Crippen molar-refractivity contribution in [3.8, 4) is 0 Å². The number of morpholine rings is 1. The summed E-state index contributed by atoms with van der Waals surface area (Å²) in [5.74, 6) is 0.799. The third kappa shape index (κ3) is 3.37. The van der Waals surface area contributed by atoms with Gasteiger partial charge in [-0.1, -0.05) is 5.16 Å². The number of carbonyl (C=O) groups excluding carboxylic acids is 1. The molecule has 0 spiro atoms. The van der Waals surface area contributed by atoms with Crippen LogP contribution in [0.25, 0.3) is 0 Å². The first kappa shape index (κ1) is 15.0. The number of amides is 1. The highest BCUT2D eigenvalue weighted by molar-refractivity contribution is 5.82. The molecule has 2 heterocycles. The molecule has 20 heavy (non-hydrogen) atoms. The smallest absolute Gasteiger partial charge is 0.240 e. The first-order valence-corrected chi connectivity index (χ1v) is 7.06. The minimum Gasteiger partial charge on any atom is -0.375 e. The van der Waals surface area contributed by atoms with Gasteiger partial charge in [-0.15, -0.1) is 0 Å². The van der Waals surface area contributed by atoms with Crippen LogP contribution in [0.15, 0.2) is 4.52 Å². The van der Waals surface area contributed by atoms with Crippen molar-refractivity contribution in [2.24, 2.45) is 0 Å². The molecular formula is C14H23N3O3. The van der Waals surface area contributed by atoms with Crippen molar-refractivity contribution in [2.45, 2.75) is 52.3 Å². The van der Waals surface area contributed by atoms with Crippen molar-refractivity contribution in [3.63, 3.8) is 0 Å². The van der Waals surface area contributed by atoms with Crippen LogP contribution in [0.4, 0.5) is 0 Å². The molecule has 6 nitrogen and oxygen atoms in total. The van der Waals surface area contributed by atoms with Crippen LogP contribution < -0.4 is 10.6 Å². The fraction of sp³-hybridized carbons (Fsp3) is 0.714. The normalized spacial score (nSPS) is 24.4. The molecular weight excluding hydrogens is 258 g/mol. The molecule has 2 N–H and O–H groups in total.